The molecule has 5 N–H and O–H groups in total. The van der Waals surface area contributed by atoms with Crippen LogP contribution in [0.5, 0.6) is 0 Å². The van der Waals surface area contributed by atoms with Crippen LogP contribution in [0.25, 0.3) is 0 Å². The van der Waals surface area contributed by atoms with Gasteiger partial charge in [0.25, 0.3) is 0 Å². The number of piperidine rings is 1. The van der Waals surface area contributed by atoms with Gasteiger partial charge in [0.05, 0.1) is 18.2 Å². The highest BCUT2D eigenvalue weighted by molar-refractivity contribution is 5.82. The predicted molar refractivity (Wildman–Crippen MR) is 108 cm³/mol. The molecule has 0 aromatic heterocycles. The molecular formula is C21H40N2O5. The third kappa shape index (κ3) is 5.66. The number of aliphatic hydroxyl groups excluding tert-OH is 3. The second-order valence-corrected chi connectivity index (χ2v) is 8.86. The van der Waals surface area contributed by atoms with Crippen LogP contribution in [0.15, 0.2) is 0 Å². The van der Waals surface area contributed by atoms with E-state index in [1.807, 2.05) is 20.8 Å². The molecule has 2 fully saturated rings. The topological polar surface area (TPSA) is 111 Å². The molecule has 2 aliphatic rings. The molecule has 2 saturated heterocycles. The Kier molecular flexibility index (Phi) is 9.15. The van der Waals surface area contributed by atoms with E-state index in [0.29, 0.717) is 12.3 Å². The smallest absolute Gasteiger partial charge is 0.237 e. The number of carbonyl (C=O) groups is 1. The third-order valence-corrected chi connectivity index (χ3v) is 6.23. The van der Waals surface area contributed by atoms with Gasteiger partial charge in [0, 0.05) is 0 Å². The van der Waals surface area contributed by atoms with Crippen LogP contribution in [-0.2, 0) is 9.53 Å². The molecule has 0 bridgehead atoms. The van der Waals surface area contributed by atoms with Gasteiger partial charge in [-0.25, -0.2) is 0 Å². The fourth-order valence-corrected chi connectivity index (χ4v) is 4.56. The summed E-state index contributed by atoms with van der Waals surface area (Å²) in [5, 5.41) is 37.4. The Morgan fingerprint density at radius 1 is 1.11 bits per heavy atom. The lowest BCUT2D eigenvalue weighted by molar-refractivity contribution is -0.232. The van der Waals surface area contributed by atoms with Crippen molar-refractivity contribution in [2.75, 3.05) is 6.54 Å². The Bertz CT molecular complexity index is 487. The highest BCUT2D eigenvalue weighted by atomic mass is 16.5. The molecular weight excluding hydrogens is 360 g/mol. The Labute approximate surface area is 169 Å². The van der Waals surface area contributed by atoms with Crippen LogP contribution >= 0.6 is 0 Å². The predicted octanol–water partition coefficient (Wildman–Crippen LogP) is 0.946. The van der Waals surface area contributed by atoms with E-state index in [1.165, 1.54) is 0 Å². The fourth-order valence-electron chi connectivity index (χ4n) is 4.56. The Hall–Kier alpha value is -0.730. The summed E-state index contributed by atoms with van der Waals surface area (Å²) in [5.41, 5.74) is 0. The maximum Gasteiger partial charge on any atom is 0.237 e. The molecule has 7 heteroatoms. The zero-order valence-corrected chi connectivity index (χ0v) is 17.8. The third-order valence-electron chi connectivity index (χ3n) is 6.23. The number of hydrogen-bond acceptors (Lipinski definition) is 6. The molecule has 164 valence electrons. The molecule has 2 rings (SSSR count). The summed E-state index contributed by atoms with van der Waals surface area (Å²) in [6.45, 7) is 8.90. The average molecular weight is 401 g/mol. The molecule has 0 aromatic carbocycles. The molecule has 0 spiro atoms. The number of aliphatic hydroxyl groups is 3. The van der Waals surface area contributed by atoms with Crippen LogP contribution in [0.2, 0.25) is 0 Å². The van der Waals surface area contributed by atoms with Gasteiger partial charge in [0.1, 0.15) is 24.4 Å². The number of hydrogen-bond donors (Lipinski definition) is 5. The summed E-state index contributed by atoms with van der Waals surface area (Å²) in [6, 6.07) is -0.688. The summed E-state index contributed by atoms with van der Waals surface area (Å²) >= 11 is 0. The largest absolute Gasteiger partial charge is 0.388 e. The van der Waals surface area contributed by atoms with Crippen LogP contribution in [0.1, 0.15) is 66.2 Å². The summed E-state index contributed by atoms with van der Waals surface area (Å²) in [6.07, 6.45) is 0.590. The van der Waals surface area contributed by atoms with Crippen molar-refractivity contribution in [3.8, 4) is 0 Å². The number of ether oxygens (including phenoxy) is 1. The highest BCUT2D eigenvalue weighted by Crippen LogP contribution is 2.28. The number of nitrogens with one attached hydrogen (secondary N) is 2. The average Bonchev–Trinajstić information content (AvgIpc) is 2.67. The lowest BCUT2D eigenvalue weighted by Crippen LogP contribution is -2.65. The minimum atomic E-state index is -1.28. The number of carbonyl (C=O) groups excluding carboxylic acids is 1. The van der Waals surface area contributed by atoms with E-state index >= 15 is 0 Å². The van der Waals surface area contributed by atoms with Crippen molar-refractivity contribution in [2.24, 2.45) is 11.8 Å². The van der Waals surface area contributed by atoms with Crippen LogP contribution in [0, 0.1) is 11.8 Å². The van der Waals surface area contributed by atoms with Gasteiger partial charge in [-0.3, -0.25) is 4.79 Å². The van der Waals surface area contributed by atoms with Crippen LogP contribution in [-0.4, -0.2) is 70.4 Å². The molecule has 1 amide bonds. The SMILES string of the molecule is CCCC1CCNC(C(=O)NC(C(C)C)C2OC(CCC)C(O)C(O)C2O)C1. The van der Waals surface area contributed by atoms with E-state index in [1.54, 1.807) is 0 Å². The van der Waals surface area contributed by atoms with Crippen molar-refractivity contribution in [2.45, 2.75) is 109 Å². The van der Waals surface area contributed by atoms with Crippen LogP contribution in [0.4, 0.5) is 0 Å². The molecule has 2 heterocycles. The normalized spacial score (nSPS) is 37.6. The van der Waals surface area contributed by atoms with Gasteiger partial charge < -0.3 is 30.7 Å². The standard InChI is InChI=1S/C21H40N2O5/c1-5-7-13-9-10-22-14(11-13)21(27)23-16(12(3)4)20-19(26)18(25)17(24)15(28-20)8-6-2/h12-20,22,24-26H,5-11H2,1-4H3,(H,23,27). The van der Waals surface area contributed by atoms with Crippen molar-refractivity contribution in [3.63, 3.8) is 0 Å². The van der Waals surface area contributed by atoms with E-state index in [0.717, 1.165) is 38.6 Å². The zero-order valence-electron chi connectivity index (χ0n) is 17.8. The molecule has 8 atom stereocenters. The van der Waals surface area contributed by atoms with Crippen molar-refractivity contribution in [3.05, 3.63) is 0 Å². The Morgan fingerprint density at radius 3 is 2.39 bits per heavy atom. The molecule has 0 saturated carbocycles. The second-order valence-electron chi connectivity index (χ2n) is 8.86. The van der Waals surface area contributed by atoms with E-state index in [4.69, 9.17) is 4.74 Å². The second kappa shape index (κ2) is 10.9. The minimum absolute atomic E-state index is 0.00310. The minimum Gasteiger partial charge on any atom is -0.388 e. The zero-order chi connectivity index (χ0) is 20.8. The highest BCUT2D eigenvalue weighted by Gasteiger charge is 2.47. The quantitative estimate of drug-likeness (QED) is 0.415. The summed E-state index contributed by atoms with van der Waals surface area (Å²) in [4.78, 5) is 12.9. The summed E-state index contributed by atoms with van der Waals surface area (Å²) < 4.78 is 6.00. The van der Waals surface area contributed by atoms with Crippen molar-refractivity contribution >= 4 is 5.91 Å². The first-order valence-corrected chi connectivity index (χ1v) is 11.0. The Morgan fingerprint density at radius 2 is 1.79 bits per heavy atom. The first-order valence-electron chi connectivity index (χ1n) is 11.0. The maximum atomic E-state index is 12.9. The molecule has 28 heavy (non-hydrogen) atoms. The monoisotopic (exact) mass is 400 g/mol. The van der Waals surface area contributed by atoms with Crippen molar-refractivity contribution in [1.82, 2.24) is 10.6 Å². The molecule has 8 unspecified atom stereocenters. The fraction of sp³-hybridized carbons (Fsp3) is 0.952. The first kappa shape index (κ1) is 23.5. The summed E-state index contributed by atoms with van der Waals surface area (Å²) in [5.74, 6) is 0.480. The first-order chi connectivity index (χ1) is 13.3. The molecule has 0 aromatic rings. The van der Waals surface area contributed by atoms with Crippen molar-refractivity contribution in [1.29, 1.82) is 0 Å². The molecule has 7 nitrogen and oxygen atoms in total. The summed E-state index contributed by atoms with van der Waals surface area (Å²) in [7, 11) is 0. The van der Waals surface area contributed by atoms with Gasteiger partial charge in [-0.15, -0.1) is 0 Å². The number of rotatable bonds is 8. The van der Waals surface area contributed by atoms with Gasteiger partial charge in [-0.2, -0.15) is 0 Å². The molecule has 0 aliphatic carbocycles. The van der Waals surface area contributed by atoms with E-state index < -0.39 is 36.6 Å². The molecule has 0 radical (unpaired) electrons. The van der Waals surface area contributed by atoms with E-state index in [-0.39, 0.29) is 17.9 Å². The van der Waals surface area contributed by atoms with Crippen LogP contribution in [0.3, 0.4) is 0 Å². The van der Waals surface area contributed by atoms with E-state index in [9.17, 15) is 20.1 Å². The van der Waals surface area contributed by atoms with Crippen molar-refractivity contribution < 1.29 is 24.9 Å². The van der Waals surface area contributed by atoms with Crippen LogP contribution < -0.4 is 10.6 Å². The lowest BCUT2D eigenvalue weighted by Gasteiger charge is -2.45. The maximum absolute atomic E-state index is 12.9. The van der Waals surface area contributed by atoms with Gasteiger partial charge in [-0.05, 0) is 37.6 Å². The molecule has 2 aliphatic heterocycles. The van der Waals surface area contributed by atoms with Gasteiger partial charge in [-0.1, -0.05) is 47.0 Å². The van der Waals surface area contributed by atoms with E-state index in [2.05, 4.69) is 17.6 Å². The lowest BCUT2D eigenvalue weighted by atomic mass is 9.85. The van der Waals surface area contributed by atoms with Gasteiger partial charge >= 0.3 is 0 Å². The van der Waals surface area contributed by atoms with Gasteiger partial charge in [0.2, 0.25) is 5.91 Å². The number of amides is 1. The van der Waals surface area contributed by atoms with Gasteiger partial charge in [0.15, 0.2) is 0 Å². The Balaban J connectivity index is 2.08.